The molecule has 0 N–H and O–H groups in total. The van der Waals surface area contributed by atoms with Gasteiger partial charge in [0.1, 0.15) is 5.58 Å². The average molecular weight is 274 g/mol. The van der Waals surface area contributed by atoms with E-state index in [4.69, 9.17) is 9.15 Å². The lowest BCUT2D eigenvalue weighted by atomic mass is 10.1. The molecule has 0 bridgehead atoms. The number of carboxylic acids is 1. The molecule has 0 spiro atoms. The Balaban J connectivity index is 2.05. The molecule has 1 aromatic heterocycles. The topological polar surface area (TPSA) is 82.8 Å². The molecule has 6 heteroatoms. The summed E-state index contributed by atoms with van der Waals surface area (Å²) in [6, 6.07) is 6.61. The molecule has 0 unspecified atom stereocenters. The zero-order valence-electron chi connectivity index (χ0n) is 10.6. The second-order valence-electron chi connectivity index (χ2n) is 4.56. The highest BCUT2D eigenvalue weighted by Gasteiger charge is 2.13. The fourth-order valence-corrected chi connectivity index (χ4v) is 2.26. The van der Waals surface area contributed by atoms with Crippen LogP contribution in [0.25, 0.3) is 11.0 Å². The first-order valence-corrected chi connectivity index (χ1v) is 6.27. The molecule has 1 aromatic carbocycles. The molecule has 20 heavy (non-hydrogen) atoms. The van der Waals surface area contributed by atoms with E-state index >= 15 is 0 Å². The standard InChI is InChI=1S/C14H13NO5/c16-13(17)11-7-9-1-2-10(8-12(9)20-14(11)18)15-3-5-19-6-4-15/h1-2,7-8H,3-6H2,(H,16,17)/p-1. The van der Waals surface area contributed by atoms with E-state index in [0.717, 1.165) is 18.8 Å². The fourth-order valence-electron chi connectivity index (χ4n) is 2.26. The number of carbonyl (C=O) groups is 1. The van der Waals surface area contributed by atoms with Crippen LogP contribution in [0.4, 0.5) is 5.69 Å². The molecule has 1 saturated heterocycles. The number of morpholine rings is 1. The molecule has 1 fully saturated rings. The van der Waals surface area contributed by atoms with E-state index in [9.17, 15) is 14.7 Å². The zero-order valence-corrected chi connectivity index (χ0v) is 10.6. The number of anilines is 1. The summed E-state index contributed by atoms with van der Waals surface area (Å²) in [5, 5.41) is 11.3. The molecular weight excluding hydrogens is 262 g/mol. The van der Waals surface area contributed by atoms with Crippen LogP contribution in [0.15, 0.2) is 33.5 Å². The van der Waals surface area contributed by atoms with Crippen molar-refractivity contribution >= 4 is 22.6 Å². The summed E-state index contributed by atoms with van der Waals surface area (Å²) in [4.78, 5) is 24.4. The van der Waals surface area contributed by atoms with Crippen LogP contribution in [-0.4, -0.2) is 32.3 Å². The third-order valence-electron chi connectivity index (χ3n) is 3.32. The van der Waals surface area contributed by atoms with E-state index in [1.165, 1.54) is 6.07 Å². The minimum Gasteiger partial charge on any atom is -0.545 e. The first kappa shape index (κ1) is 12.7. The van der Waals surface area contributed by atoms with Crippen molar-refractivity contribution in [3.8, 4) is 0 Å². The normalized spacial score (nSPS) is 15.5. The second kappa shape index (κ2) is 4.97. The fraction of sp³-hybridized carbons (Fsp3) is 0.286. The highest BCUT2D eigenvalue weighted by atomic mass is 16.5. The van der Waals surface area contributed by atoms with Gasteiger partial charge in [-0.3, -0.25) is 0 Å². The van der Waals surface area contributed by atoms with Gasteiger partial charge in [-0.25, -0.2) is 4.79 Å². The number of carbonyl (C=O) groups excluding carboxylic acids is 1. The number of ether oxygens (including phenoxy) is 1. The van der Waals surface area contributed by atoms with Gasteiger partial charge in [0.25, 0.3) is 0 Å². The molecular formula is C14H12NO5-. The monoisotopic (exact) mass is 274 g/mol. The van der Waals surface area contributed by atoms with Crippen molar-refractivity contribution in [2.75, 3.05) is 31.2 Å². The van der Waals surface area contributed by atoms with Gasteiger partial charge < -0.3 is 24.0 Å². The first-order valence-electron chi connectivity index (χ1n) is 6.27. The van der Waals surface area contributed by atoms with Crippen molar-refractivity contribution in [2.24, 2.45) is 0 Å². The van der Waals surface area contributed by atoms with Crippen LogP contribution >= 0.6 is 0 Å². The zero-order chi connectivity index (χ0) is 14.1. The maximum absolute atomic E-state index is 11.5. The van der Waals surface area contributed by atoms with Gasteiger partial charge in [-0.15, -0.1) is 0 Å². The van der Waals surface area contributed by atoms with E-state index in [1.54, 1.807) is 12.1 Å². The van der Waals surface area contributed by atoms with Gasteiger partial charge in [-0.2, -0.15) is 0 Å². The smallest absolute Gasteiger partial charge is 0.345 e. The second-order valence-corrected chi connectivity index (χ2v) is 4.56. The average Bonchev–Trinajstić information content (AvgIpc) is 2.46. The van der Waals surface area contributed by atoms with Crippen LogP contribution in [0, 0.1) is 0 Å². The molecule has 0 aliphatic carbocycles. The van der Waals surface area contributed by atoms with Crippen LogP contribution < -0.4 is 15.6 Å². The molecule has 1 aliphatic rings. The van der Waals surface area contributed by atoms with Gasteiger partial charge in [0, 0.05) is 30.2 Å². The Labute approximate surface area is 114 Å². The van der Waals surface area contributed by atoms with Crippen molar-refractivity contribution in [3.63, 3.8) is 0 Å². The van der Waals surface area contributed by atoms with Gasteiger partial charge in [-0.05, 0) is 18.2 Å². The molecule has 104 valence electrons. The Morgan fingerprint density at radius 1 is 1.20 bits per heavy atom. The molecule has 3 rings (SSSR count). The van der Waals surface area contributed by atoms with Gasteiger partial charge in [0.15, 0.2) is 0 Å². The lowest BCUT2D eigenvalue weighted by Gasteiger charge is -2.28. The minimum absolute atomic E-state index is 0.365. The van der Waals surface area contributed by atoms with Crippen LogP contribution in [0.2, 0.25) is 0 Å². The van der Waals surface area contributed by atoms with Gasteiger partial charge in [-0.1, -0.05) is 0 Å². The lowest BCUT2D eigenvalue weighted by Crippen LogP contribution is -2.36. The summed E-state index contributed by atoms with van der Waals surface area (Å²) >= 11 is 0. The molecule has 0 amide bonds. The van der Waals surface area contributed by atoms with E-state index in [1.807, 2.05) is 6.07 Å². The van der Waals surface area contributed by atoms with Crippen molar-refractivity contribution in [2.45, 2.75) is 0 Å². The summed E-state index contributed by atoms with van der Waals surface area (Å²) in [5.74, 6) is -1.53. The number of nitrogens with zero attached hydrogens (tertiary/aromatic N) is 1. The predicted molar refractivity (Wildman–Crippen MR) is 69.8 cm³/mol. The number of fused-ring (bicyclic) bond motifs is 1. The van der Waals surface area contributed by atoms with Gasteiger partial charge in [0.05, 0.1) is 24.7 Å². The number of aromatic carboxylic acids is 1. The maximum atomic E-state index is 11.5. The summed E-state index contributed by atoms with van der Waals surface area (Å²) in [6.45, 7) is 2.86. The molecule has 6 nitrogen and oxygen atoms in total. The Kier molecular flexibility index (Phi) is 3.15. The molecule has 2 aromatic rings. The van der Waals surface area contributed by atoms with Crippen LogP contribution in [0.5, 0.6) is 0 Å². The maximum Gasteiger partial charge on any atom is 0.345 e. The van der Waals surface area contributed by atoms with E-state index < -0.39 is 17.2 Å². The summed E-state index contributed by atoms with van der Waals surface area (Å²) in [7, 11) is 0. The van der Waals surface area contributed by atoms with Gasteiger partial charge in [0.2, 0.25) is 0 Å². The number of hydrogen-bond donors (Lipinski definition) is 0. The van der Waals surface area contributed by atoms with Gasteiger partial charge >= 0.3 is 5.63 Å². The van der Waals surface area contributed by atoms with Crippen LogP contribution in [0.3, 0.4) is 0 Å². The minimum atomic E-state index is -1.53. The van der Waals surface area contributed by atoms with Crippen molar-refractivity contribution in [3.05, 3.63) is 40.2 Å². The van der Waals surface area contributed by atoms with Crippen molar-refractivity contribution in [1.29, 1.82) is 0 Å². The van der Waals surface area contributed by atoms with Crippen LogP contribution in [0.1, 0.15) is 10.4 Å². The third kappa shape index (κ3) is 2.25. The quantitative estimate of drug-likeness (QED) is 0.716. The molecule has 0 radical (unpaired) electrons. The van der Waals surface area contributed by atoms with E-state index in [-0.39, 0.29) is 0 Å². The predicted octanol–water partition coefficient (Wildman–Crippen LogP) is -0.00690. The summed E-state index contributed by atoms with van der Waals surface area (Å²) in [6.07, 6.45) is 0. The molecule has 0 atom stereocenters. The number of rotatable bonds is 2. The van der Waals surface area contributed by atoms with Crippen molar-refractivity contribution < 1.29 is 19.1 Å². The molecule has 0 saturated carbocycles. The molecule has 1 aliphatic heterocycles. The SMILES string of the molecule is O=C([O-])c1cc2ccc(N3CCOCC3)cc2oc1=O. The van der Waals surface area contributed by atoms with Crippen molar-refractivity contribution in [1.82, 2.24) is 0 Å². The summed E-state index contributed by atoms with van der Waals surface area (Å²) in [5.41, 5.74) is -0.0672. The summed E-state index contributed by atoms with van der Waals surface area (Å²) < 4.78 is 10.3. The molecule has 2 heterocycles. The largest absolute Gasteiger partial charge is 0.545 e. The van der Waals surface area contributed by atoms with Crippen LogP contribution in [-0.2, 0) is 4.74 Å². The van der Waals surface area contributed by atoms with E-state index in [0.29, 0.717) is 24.2 Å². The first-order chi connectivity index (χ1) is 9.65. The Morgan fingerprint density at radius 2 is 1.95 bits per heavy atom. The van der Waals surface area contributed by atoms with E-state index in [2.05, 4.69) is 4.90 Å². The number of hydrogen-bond acceptors (Lipinski definition) is 6. The number of carboxylic acid groups (broad SMARTS) is 1. The Morgan fingerprint density at radius 3 is 2.65 bits per heavy atom. The Bertz CT molecular complexity index is 715. The lowest BCUT2D eigenvalue weighted by molar-refractivity contribution is -0.255. The highest BCUT2D eigenvalue weighted by molar-refractivity contribution is 5.91. The Hall–Kier alpha value is -2.34. The third-order valence-corrected chi connectivity index (χ3v) is 3.32. The number of benzene rings is 1. The highest BCUT2D eigenvalue weighted by Crippen LogP contribution is 2.22.